The van der Waals surface area contributed by atoms with E-state index in [2.05, 4.69) is 12.2 Å². The highest BCUT2D eigenvalue weighted by molar-refractivity contribution is 7.89. The van der Waals surface area contributed by atoms with Crippen LogP contribution in [0.2, 0.25) is 0 Å². The van der Waals surface area contributed by atoms with E-state index in [0.717, 1.165) is 5.92 Å². The molecular formula is C19H27N3O5S. The van der Waals surface area contributed by atoms with Crippen molar-refractivity contribution in [3.05, 3.63) is 28.3 Å². The predicted molar refractivity (Wildman–Crippen MR) is 105 cm³/mol. The van der Waals surface area contributed by atoms with E-state index in [1.807, 2.05) is 0 Å². The molecule has 4 unspecified atom stereocenters. The third kappa shape index (κ3) is 3.62. The summed E-state index contributed by atoms with van der Waals surface area (Å²) in [5.41, 5.74) is 0.234. The van der Waals surface area contributed by atoms with Gasteiger partial charge in [-0.05, 0) is 50.0 Å². The summed E-state index contributed by atoms with van der Waals surface area (Å²) in [6.07, 6.45) is 5.01. The molecule has 1 aromatic rings. The van der Waals surface area contributed by atoms with Crippen molar-refractivity contribution in [2.75, 3.05) is 31.6 Å². The Hall–Kier alpha value is -1.71. The minimum atomic E-state index is -3.84. The molecule has 1 N–H and O–H groups in total. The lowest BCUT2D eigenvalue weighted by atomic mass is 9.84. The minimum absolute atomic E-state index is 0.0152. The van der Waals surface area contributed by atoms with Gasteiger partial charge in [0.25, 0.3) is 5.69 Å². The molecule has 2 saturated carbocycles. The summed E-state index contributed by atoms with van der Waals surface area (Å²) in [7, 11) is -3.84. The summed E-state index contributed by atoms with van der Waals surface area (Å²) in [4.78, 5) is 10.7. The molecule has 2 bridgehead atoms. The number of sulfonamides is 1. The number of nitrogens with one attached hydrogen (secondary N) is 1. The maximum absolute atomic E-state index is 13.2. The van der Waals surface area contributed by atoms with Gasteiger partial charge in [0.2, 0.25) is 10.0 Å². The van der Waals surface area contributed by atoms with Crippen LogP contribution in [-0.4, -0.2) is 50.0 Å². The SMILES string of the molecule is CC(Nc1ccc([N+](=O)[O-])cc1S(=O)(=O)N1CCOCC1)C1CC2CCC1C2. The minimum Gasteiger partial charge on any atom is -0.381 e. The van der Waals surface area contributed by atoms with Crippen LogP contribution in [0.25, 0.3) is 0 Å². The second-order valence-corrected chi connectivity index (χ2v) is 10.1. The highest BCUT2D eigenvalue weighted by atomic mass is 32.2. The Bertz CT molecular complexity index is 853. The second-order valence-electron chi connectivity index (χ2n) is 8.23. The van der Waals surface area contributed by atoms with Gasteiger partial charge in [-0.2, -0.15) is 4.31 Å². The fourth-order valence-electron chi connectivity index (χ4n) is 5.14. The van der Waals surface area contributed by atoms with Crippen molar-refractivity contribution >= 4 is 21.4 Å². The van der Waals surface area contributed by atoms with Crippen molar-refractivity contribution in [3.8, 4) is 0 Å². The topological polar surface area (TPSA) is 102 Å². The lowest BCUT2D eigenvalue weighted by Crippen LogP contribution is -2.41. The largest absolute Gasteiger partial charge is 0.381 e. The molecule has 0 aromatic heterocycles. The summed E-state index contributed by atoms with van der Waals surface area (Å²) in [6.45, 7) is 3.27. The van der Waals surface area contributed by atoms with E-state index >= 15 is 0 Å². The number of fused-ring (bicyclic) bond motifs is 2. The zero-order valence-corrected chi connectivity index (χ0v) is 16.9. The highest BCUT2D eigenvalue weighted by Gasteiger charge is 2.42. The fraction of sp³-hybridized carbons (Fsp3) is 0.684. The molecule has 4 atom stereocenters. The van der Waals surface area contributed by atoms with Gasteiger partial charge in [0.15, 0.2) is 0 Å². The first-order valence-corrected chi connectivity index (χ1v) is 11.4. The molecule has 1 aliphatic heterocycles. The van der Waals surface area contributed by atoms with Gasteiger partial charge in [0.1, 0.15) is 4.90 Å². The van der Waals surface area contributed by atoms with Crippen LogP contribution in [0, 0.1) is 27.9 Å². The van der Waals surface area contributed by atoms with Crippen LogP contribution in [0.4, 0.5) is 11.4 Å². The number of nitrogens with zero attached hydrogens (tertiary/aromatic N) is 2. The van der Waals surface area contributed by atoms with Gasteiger partial charge in [-0.15, -0.1) is 0 Å². The molecular weight excluding hydrogens is 382 g/mol. The van der Waals surface area contributed by atoms with Gasteiger partial charge in [-0.3, -0.25) is 10.1 Å². The number of rotatable bonds is 6. The standard InChI is InChI=1S/C19H27N3O5S/c1-13(17-11-14-2-3-15(17)10-14)20-18-5-4-16(22(23)24)12-19(18)28(25,26)21-6-8-27-9-7-21/h4-5,12-15,17,20H,2-3,6-11H2,1H3. The summed E-state index contributed by atoms with van der Waals surface area (Å²) < 4.78 is 33.0. The zero-order valence-electron chi connectivity index (χ0n) is 16.0. The third-order valence-corrected chi connectivity index (χ3v) is 8.52. The number of anilines is 1. The number of morpholine rings is 1. The first kappa shape index (κ1) is 19.6. The molecule has 0 radical (unpaired) electrons. The molecule has 9 heteroatoms. The van der Waals surface area contributed by atoms with Crippen LogP contribution in [0.3, 0.4) is 0 Å². The quantitative estimate of drug-likeness (QED) is 0.573. The Balaban J connectivity index is 1.63. The molecule has 8 nitrogen and oxygen atoms in total. The molecule has 0 spiro atoms. The smallest absolute Gasteiger partial charge is 0.270 e. The second kappa shape index (κ2) is 7.61. The number of ether oxygens (including phenoxy) is 1. The summed E-state index contributed by atoms with van der Waals surface area (Å²) in [5.74, 6) is 2.02. The van der Waals surface area contributed by atoms with Crippen molar-refractivity contribution in [3.63, 3.8) is 0 Å². The van der Waals surface area contributed by atoms with E-state index in [1.54, 1.807) is 0 Å². The molecule has 28 heavy (non-hydrogen) atoms. The first-order valence-electron chi connectivity index (χ1n) is 9.99. The van der Waals surface area contributed by atoms with E-state index in [4.69, 9.17) is 4.74 Å². The van der Waals surface area contributed by atoms with Gasteiger partial charge in [-0.1, -0.05) is 6.42 Å². The van der Waals surface area contributed by atoms with Crippen LogP contribution in [0.15, 0.2) is 23.1 Å². The average Bonchev–Trinajstić information content (AvgIpc) is 3.32. The van der Waals surface area contributed by atoms with E-state index in [9.17, 15) is 18.5 Å². The third-order valence-electron chi connectivity index (χ3n) is 6.58. The molecule has 1 aromatic carbocycles. The Morgan fingerprint density at radius 3 is 2.61 bits per heavy atom. The monoisotopic (exact) mass is 409 g/mol. The van der Waals surface area contributed by atoms with Crippen molar-refractivity contribution < 1.29 is 18.1 Å². The van der Waals surface area contributed by atoms with Crippen molar-refractivity contribution in [1.29, 1.82) is 0 Å². The van der Waals surface area contributed by atoms with E-state index < -0.39 is 14.9 Å². The van der Waals surface area contributed by atoms with Crippen LogP contribution >= 0.6 is 0 Å². The molecule has 3 aliphatic rings. The van der Waals surface area contributed by atoms with Gasteiger partial charge in [0, 0.05) is 31.3 Å². The number of nitro groups is 1. The van der Waals surface area contributed by atoms with E-state index in [0.29, 0.717) is 30.7 Å². The Morgan fingerprint density at radius 1 is 1.25 bits per heavy atom. The Kier molecular flexibility index (Phi) is 5.32. The summed E-state index contributed by atoms with van der Waals surface area (Å²) >= 11 is 0. The van der Waals surface area contributed by atoms with E-state index in [1.165, 1.54) is 48.2 Å². The average molecular weight is 410 g/mol. The fourth-order valence-corrected chi connectivity index (χ4v) is 6.72. The lowest BCUT2D eigenvalue weighted by molar-refractivity contribution is -0.385. The predicted octanol–water partition coefficient (Wildman–Crippen LogP) is 2.85. The van der Waals surface area contributed by atoms with E-state index in [-0.39, 0.29) is 29.7 Å². The number of hydrogen-bond acceptors (Lipinski definition) is 6. The number of hydrogen-bond donors (Lipinski definition) is 1. The number of benzene rings is 1. The Morgan fingerprint density at radius 2 is 2.00 bits per heavy atom. The number of non-ortho nitro benzene ring substituents is 1. The molecule has 2 aliphatic carbocycles. The molecule has 4 rings (SSSR count). The van der Waals surface area contributed by atoms with Crippen LogP contribution in [0.1, 0.15) is 32.6 Å². The van der Waals surface area contributed by atoms with Crippen molar-refractivity contribution in [2.24, 2.45) is 17.8 Å². The maximum Gasteiger partial charge on any atom is 0.270 e. The zero-order chi connectivity index (χ0) is 19.9. The van der Waals surface area contributed by atoms with Crippen molar-refractivity contribution in [2.45, 2.75) is 43.5 Å². The van der Waals surface area contributed by atoms with Gasteiger partial charge < -0.3 is 10.1 Å². The molecule has 1 heterocycles. The Labute approximate surface area is 165 Å². The summed E-state index contributed by atoms with van der Waals surface area (Å²) in [6, 6.07) is 4.21. The van der Waals surface area contributed by atoms with Crippen LogP contribution in [-0.2, 0) is 14.8 Å². The normalized spacial score (nSPS) is 29.0. The van der Waals surface area contributed by atoms with Crippen molar-refractivity contribution in [1.82, 2.24) is 4.31 Å². The summed E-state index contributed by atoms with van der Waals surface area (Å²) in [5, 5.41) is 14.6. The van der Waals surface area contributed by atoms with Crippen LogP contribution < -0.4 is 5.32 Å². The molecule has 3 fully saturated rings. The van der Waals surface area contributed by atoms with Gasteiger partial charge >= 0.3 is 0 Å². The lowest BCUT2D eigenvalue weighted by Gasteiger charge is -2.31. The number of nitro benzene ring substituents is 1. The molecule has 0 amide bonds. The molecule has 154 valence electrons. The van der Waals surface area contributed by atoms with Gasteiger partial charge in [-0.25, -0.2) is 8.42 Å². The van der Waals surface area contributed by atoms with Gasteiger partial charge in [0.05, 0.1) is 23.8 Å². The maximum atomic E-state index is 13.2. The highest BCUT2D eigenvalue weighted by Crippen LogP contribution is 2.50. The molecule has 1 saturated heterocycles. The van der Waals surface area contributed by atoms with Crippen LogP contribution in [0.5, 0.6) is 0 Å². The first-order chi connectivity index (χ1) is 13.4.